The number of alkyl carbamates (subject to hydrolysis) is 2. The number of imidazole rings is 2. The van der Waals surface area contributed by atoms with Gasteiger partial charge in [0.1, 0.15) is 36.1 Å². The normalized spacial score (nSPS) is 21.9. The number of carbonyl (C=O) groups excluding carboxylic acids is 4. The molecule has 9 rings (SSSR count). The third kappa shape index (κ3) is 7.90. The van der Waals surface area contributed by atoms with Crippen molar-refractivity contribution in [1.82, 2.24) is 40.4 Å². The zero-order valence-corrected chi connectivity index (χ0v) is 37.4. The lowest BCUT2D eigenvalue weighted by Crippen LogP contribution is -2.54. The molecule has 5 aromatic rings. The van der Waals surface area contributed by atoms with Crippen LogP contribution in [-0.4, -0.2) is 105 Å². The maximum Gasteiger partial charge on any atom is 0.407 e. The number of hydrogen-bond donors (Lipinski definition) is 4. The lowest BCUT2D eigenvalue weighted by molar-refractivity contribution is -0.139. The van der Waals surface area contributed by atoms with Crippen LogP contribution < -0.4 is 15.4 Å². The van der Waals surface area contributed by atoms with Gasteiger partial charge in [0.15, 0.2) is 0 Å². The Hall–Kier alpha value is -6.16. The summed E-state index contributed by atoms with van der Waals surface area (Å²) in [6.07, 6.45) is 5.89. The molecule has 4 aliphatic heterocycles. The Morgan fingerprint density at radius 2 is 1.59 bits per heavy atom. The molecule has 4 aliphatic rings. The van der Waals surface area contributed by atoms with Gasteiger partial charge >= 0.3 is 12.2 Å². The first-order valence-electron chi connectivity index (χ1n) is 22.7. The smallest absolute Gasteiger partial charge is 0.407 e. The van der Waals surface area contributed by atoms with E-state index in [1.807, 2.05) is 35.9 Å². The van der Waals surface area contributed by atoms with Crippen LogP contribution in [-0.2, 0) is 30.4 Å². The molecule has 2 aromatic heterocycles. The minimum absolute atomic E-state index is 0.0330. The predicted molar refractivity (Wildman–Crippen MR) is 239 cm³/mol. The number of fused-ring (bicyclic) bond motifs is 6. The first-order valence-corrected chi connectivity index (χ1v) is 22.7. The van der Waals surface area contributed by atoms with Gasteiger partial charge in [0, 0.05) is 36.2 Å². The number of hydrogen-bond acceptors (Lipinski definition) is 10. The van der Waals surface area contributed by atoms with Crippen molar-refractivity contribution in [1.29, 1.82) is 0 Å². The molecule has 0 spiro atoms. The summed E-state index contributed by atoms with van der Waals surface area (Å²) >= 11 is 0. The number of rotatable bonds is 10. The Morgan fingerprint density at radius 3 is 2.34 bits per heavy atom. The minimum atomic E-state index is -0.722. The number of methoxy groups -OCH3 is 2. The second-order valence-electron chi connectivity index (χ2n) is 18.0. The van der Waals surface area contributed by atoms with Crippen LogP contribution in [0.4, 0.5) is 9.59 Å². The van der Waals surface area contributed by atoms with Crippen molar-refractivity contribution in [3.63, 3.8) is 0 Å². The van der Waals surface area contributed by atoms with Crippen LogP contribution in [0.2, 0.25) is 0 Å². The molecular weight excluding hydrogens is 817 g/mol. The molecule has 0 radical (unpaired) electrons. The molecule has 64 heavy (non-hydrogen) atoms. The van der Waals surface area contributed by atoms with Crippen LogP contribution >= 0.6 is 0 Å². The van der Waals surface area contributed by atoms with E-state index < -0.39 is 24.3 Å². The van der Waals surface area contributed by atoms with E-state index in [1.165, 1.54) is 14.2 Å². The lowest BCUT2D eigenvalue weighted by atomic mass is 9.90. The van der Waals surface area contributed by atoms with Crippen molar-refractivity contribution >= 4 is 45.8 Å². The summed E-state index contributed by atoms with van der Waals surface area (Å²) in [5, 5.41) is 7.57. The van der Waals surface area contributed by atoms with Crippen LogP contribution in [0.1, 0.15) is 102 Å². The van der Waals surface area contributed by atoms with E-state index >= 15 is 0 Å². The maximum absolute atomic E-state index is 14.4. The summed E-state index contributed by atoms with van der Waals surface area (Å²) in [5.41, 5.74) is 6.60. The molecule has 4 N–H and O–H groups in total. The Kier molecular flexibility index (Phi) is 12.0. The van der Waals surface area contributed by atoms with Crippen molar-refractivity contribution in [2.24, 2.45) is 11.8 Å². The van der Waals surface area contributed by atoms with Gasteiger partial charge in [0.25, 0.3) is 0 Å². The largest absolute Gasteiger partial charge is 0.488 e. The molecule has 6 heterocycles. The fraction of sp³-hybridized carbons (Fsp3) is 0.500. The molecule has 16 heteroatoms. The summed E-state index contributed by atoms with van der Waals surface area (Å²) in [6, 6.07) is 12.7. The van der Waals surface area contributed by atoms with Gasteiger partial charge in [-0.2, -0.15) is 0 Å². The number of aromatic nitrogens is 4. The quantitative estimate of drug-likeness (QED) is 0.108. The van der Waals surface area contributed by atoms with Crippen LogP contribution in [0.25, 0.3) is 44.2 Å². The zero-order chi connectivity index (χ0) is 44.8. The van der Waals surface area contributed by atoms with E-state index in [4.69, 9.17) is 28.9 Å². The van der Waals surface area contributed by atoms with Gasteiger partial charge in [-0.1, -0.05) is 39.0 Å². The highest BCUT2D eigenvalue weighted by molar-refractivity contribution is 6.07. The number of benzene rings is 3. The molecule has 3 saturated heterocycles. The number of ether oxygens (including phenoxy) is 4. The van der Waals surface area contributed by atoms with Gasteiger partial charge in [0.2, 0.25) is 11.8 Å². The molecule has 0 bridgehead atoms. The molecule has 6 atom stereocenters. The fourth-order valence-corrected chi connectivity index (χ4v) is 10.4. The van der Waals surface area contributed by atoms with E-state index in [0.717, 1.165) is 99.3 Å². The Morgan fingerprint density at radius 1 is 0.844 bits per heavy atom. The Labute approximate surface area is 372 Å². The van der Waals surface area contributed by atoms with Gasteiger partial charge in [0.05, 0.1) is 49.2 Å². The summed E-state index contributed by atoms with van der Waals surface area (Å²) < 4.78 is 21.8. The third-order valence-corrected chi connectivity index (χ3v) is 13.9. The van der Waals surface area contributed by atoms with Gasteiger partial charge in [-0.3, -0.25) is 9.59 Å². The summed E-state index contributed by atoms with van der Waals surface area (Å²) in [5.74, 6) is 1.76. The molecule has 3 aromatic carbocycles. The van der Waals surface area contributed by atoms with E-state index in [9.17, 15) is 19.2 Å². The number of carbonyl (C=O) groups is 4. The topological polar surface area (TPSA) is 193 Å². The van der Waals surface area contributed by atoms with E-state index in [2.05, 4.69) is 70.8 Å². The van der Waals surface area contributed by atoms with Gasteiger partial charge < -0.3 is 49.3 Å². The Bertz CT molecular complexity index is 2580. The van der Waals surface area contributed by atoms with Gasteiger partial charge in [-0.25, -0.2) is 19.6 Å². The van der Waals surface area contributed by atoms with Crippen LogP contribution in [0.5, 0.6) is 5.75 Å². The number of nitrogens with zero attached hydrogens (tertiary/aromatic N) is 4. The highest BCUT2D eigenvalue weighted by atomic mass is 16.5. The molecule has 16 nitrogen and oxygen atoms in total. The average molecular weight is 875 g/mol. The second kappa shape index (κ2) is 17.8. The number of aromatic amines is 2. The van der Waals surface area contributed by atoms with Crippen molar-refractivity contribution in [2.75, 3.05) is 27.4 Å². The summed E-state index contributed by atoms with van der Waals surface area (Å²) in [7, 11) is 2.61. The average Bonchev–Trinajstić information content (AvgIpc) is 4.14. The number of nitrogens with one attached hydrogen (secondary N) is 4. The first kappa shape index (κ1) is 43.1. The van der Waals surface area contributed by atoms with Gasteiger partial charge in [-0.05, 0) is 110 Å². The molecule has 338 valence electrons. The van der Waals surface area contributed by atoms with Crippen molar-refractivity contribution in [2.45, 2.75) is 115 Å². The third-order valence-electron chi connectivity index (χ3n) is 13.9. The molecule has 0 aliphatic carbocycles. The van der Waals surface area contributed by atoms with Gasteiger partial charge in [-0.15, -0.1) is 0 Å². The fourth-order valence-electron chi connectivity index (χ4n) is 10.4. The summed E-state index contributed by atoms with van der Waals surface area (Å²) in [4.78, 5) is 73.9. The maximum atomic E-state index is 14.4. The van der Waals surface area contributed by atoms with Crippen molar-refractivity contribution < 1.29 is 38.1 Å². The van der Waals surface area contributed by atoms with E-state index in [0.29, 0.717) is 32.7 Å². The SMILES string of the molecule is CCC1CCC(c2ncc(-c3ccc4c(c3)COc3cc5c(ccc6[nH]c(C7CCC(C)N7C(=O)C(NC(=O)OC)C7CCOCC7)nc65)cc3-4)[nH]2)N1C(=O)C(NC(=O)OC)C(C)C. The molecular formula is C48H58N8O8. The first-order chi connectivity index (χ1) is 31.0. The molecule has 0 saturated carbocycles. The lowest BCUT2D eigenvalue weighted by Gasteiger charge is -2.36. The number of likely N-dealkylation sites (tertiary alicyclic amines) is 2. The molecule has 4 amide bonds. The highest BCUT2D eigenvalue weighted by Crippen LogP contribution is 2.44. The Balaban J connectivity index is 0.967. The summed E-state index contributed by atoms with van der Waals surface area (Å²) in [6.45, 7) is 9.44. The standard InChI is InChI=1S/C48H58N8O8/c1-7-31-11-15-37(56(31)45(57)40(25(2)3)53-47(59)61-5)43-49-23-36(51-43)29-9-12-32-30(20-29)24-64-39-22-33-28(21-34(32)39)10-13-35-42(33)52-44(50-35)38-14-8-26(4)55(38)46(58)41(54-48(60)62-6)27-16-18-63-19-17-27/h9-10,12-13,20-23,25-27,31,37-38,40-41H,7-8,11,14-19,24H2,1-6H3,(H,49,51)(H,50,52)(H,53,59)(H,54,60). The van der Waals surface area contributed by atoms with Crippen LogP contribution in [0.3, 0.4) is 0 Å². The predicted octanol–water partition coefficient (Wildman–Crippen LogP) is 7.69. The zero-order valence-electron chi connectivity index (χ0n) is 37.4. The highest BCUT2D eigenvalue weighted by Gasteiger charge is 2.44. The van der Waals surface area contributed by atoms with Crippen LogP contribution in [0.15, 0.2) is 48.7 Å². The minimum Gasteiger partial charge on any atom is -0.488 e. The second-order valence-corrected chi connectivity index (χ2v) is 18.0. The van der Waals surface area contributed by atoms with E-state index in [-0.39, 0.29) is 47.8 Å². The van der Waals surface area contributed by atoms with E-state index in [1.54, 1.807) is 0 Å². The van der Waals surface area contributed by atoms with Crippen molar-refractivity contribution in [3.05, 3.63) is 65.9 Å². The monoisotopic (exact) mass is 874 g/mol. The van der Waals surface area contributed by atoms with Crippen molar-refractivity contribution in [3.8, 4) is 28.1 Å². The number of amides is 4. The molecule has 6 unspecified atom stereocenters. The molecule has 3 fully saturated rings. The van der Waals surface area contributed by atoms with Crippen LogP contribution in [0, 0.1) is 11.8 Å². The number of H-pyrrole nitrogens is 2.